The molecule has 2 heterocycles. The van der Waals surface area contributed by atoms with Gasteiger partial charge in [-0.05, 0) is 66.6 Å². The largest absolute Gasteiger partial charge is 0.357 e. The molecule has 6 nitrogen and oxygen atoms in total. The molecule has 0 radical (unpaired) electrons. The number of carbonyl (C=O) groups excluding carboxylic acids is 1. The molecule has 6 heteroatoms. The summed E-state index contributed by atoms with van der Waals surface area (Å²) in [4.78, 5) is 25.5. The van der Waals surface area contributed by atoms with E-state index >= 15 is 0 Å². The summed E-state index contributed by atoms with van der Waals surface area (Å²) >= 11 is 0. The topological polar surface area (TPSA) is 61.4 Å². The molecule has 0 bridgehead atoms. The van der Waals surface area contributed by atoms with Crippen molar-refractivity contribution in [1.29, 1.82) is 0 Å². The van der Waals surface area contributed by atoms with E-state index in [2.05, 4.69) is 53.0 Å². The third kappa shape index (κ3) is 5.74. The maximum Gasteiger partial charge on any atom is 0.270 e. The fraction of sp³-hybridized carbons (Fsp3) is 0.722. The normalized spacial score (nSPS) is 15.6. The van der Waals surface area contributed by atoms with Gasteiger partial charge in [-0.25, -0.2) is 9.97 Å². The van der Waals surface area contributed by atoms with Crippen molar-refractivity contribution in [2.75, 3.05) is 38.6 Å². The first-order chi connectivity index (χ1) is 11.4. The molecule has 0 unspecified atom stereocenters. The van der Waals surface area contributed by atoms with E-state index in [-0.39, 0.29) is 11.4 Å². The Bertz CT molecular complexity index is 538. The Labute approximate surface area is 145 Å². The molecule has 1 aromatic heterocycles. The lowest BCUT2D eigenvalue weighted by molar-refractivity contribution is 0.0902. The highest BCUT2D eigenvalue weighted by Crippen LogP contribution is 2.18. The SMILES string of the molecule is CN(C)CCCC(C)(C)NC(=O)c1cc(N2CCCCC2)ncn1. The molecule has 1 N–H and O–H groups in total. The average Bonchev–Trinajstić information content (AvgIpc) is 2.55. The van der Waals surface area contributed by atoms with Gasteiger partial charge in [-0.3, -0.25) is 4.79 Å². The summed E-state index contributed by atoms with van der Waals surface area (Å²) in [6, 6.07) is 1.82. The zero-order valence-corrected chi connectivity index (χ0v) is 15.5. The lowest BCUT2D eigenvalue weighted by Gasteiger charge is -2.28. The Morgan fingerprint density at radius 2 is 1.96 bits per heavy atom. The first kappa shape index (κ1) is 18.6. The monoisotopic (exact) mass is 333 g/mol. The summed E-state index contributed by atoms with van der Waals surface area (Å²) in [6.45, 7) is 7.16. The van der Waals surface area contributed by atoms with E-state index in [9.17, 15) is 4.79 Å². The summed E-state index contributed by atoms with van der Waals surface area (Å²) in [6.07, 6.45) is 7.12. The molecule has 1 saturated heterocycles. The number of rotatable bonds is 7. The average molecular weight is 333 g/mol. The third-order valence-electron chi connectivity index (χ3n) is 4.42. The third-order valence-corrected chi connectivity index (χ3v) is 4.42. The number of carbonyl (C=O) groups is 1. The molecule has 0 saturated carbocycles. The Balaban J connectivity index is 1.96. The van der Waals surface area contributed by atoms with Crippen molar-refractivity contribution < 1.29 is 4.79 Å². The summed E-state index contributed by atoms with van der Waals surface area (Å²) in [7, 11) is 4.13. The Hall–Kier alpha value is -1.69. The van der Waals surface area contributed by atoms with Crippen LogP contribution in [0.2, 0.25) is 0 Å². The molecule has 1 fully saturated rings. The molecule has 1 aliphatic rings. The van der Waals surface area contributed by atoms with Crippen LogP contribution in [0.15, 0.2) is 12.4 Å². The zero-order valence-electron chi connectivity index (χ0n) is 15.5. The highest BCUT2D eigenvalue weighted by Gasteiger charge is 2.22. The second kappa shape index (κ2) is 8.42. The van der Waals surface area contributed by atoms with E-state index < -0.39 is 0 Å². The maximum absolute atomic E-state index is 12.6. The van der Waals surface area contributed by atoms with Crippen LogP contribution < -0.4 is 10.2 Å². The predicted octanol–water partition coefficient (Wildman–Crippen LogP) is 2.32. The summed E-state index contributed by atoms with van der Waals surface area (Å²) in [5.74, 6) is 0.741. The fourth-order valence-corrected chi connectivity index (χ4v) is 3.04. The van der Waals surface area contributed by atoms with Gasteiger partial charge in [-0.15, -0.1) is 0 Å². The van der Waals surface area contributed by atoms with Crippen LogP contribution in [0.1, 0.15) is 56.4 Å². The fourth-order valence-electron chi connectivity index (χ4n) is 3.04. The number of piperidine rings is 1. The molecule has 2 rings (SSSR count). The Morgan fingerprint density at radius 3 is 2.62 bits per heavy atom. The van der Waals surface area contributed by atoms with Crippen molar-refractivity contribution in [2.24, 2.45) is 0 Å². The number of hydrogen-bond donors (Lipinski definition) is 1. The van der Waals surface area contributed by atoms with Gasteiger partial charge in [0.1, 0.15) is 17.8 Å². The molecule has 1 amide bonds. The number of nitrogens with one attached hydrogen (secondary N) is 1. The van der Waals surface area contributed by atoms with Crippen LogP contribution >= 0.6 is 0 Å². The Morgan fingerprint density at radius 1 is 1.25 bits per heavy atom. The first-order valence-corrected chi connectivity index (χ1v) is 8.92. The van der Waals surface area contributed by atoms with Crippen molar-refractivity contribution >= 4 is 11.7 Å². The smallest absolute Gasteiger partial charge is 0.270 e. The summed E-state index contributed by atoms with van der Waals surface area (Å²) < 4.78 is 0. The van der Waals surface area contributed by atoms with Gasteiger partial charge in [0.25, 0.3) is 5.91 Å². The number of amides is 1. The van der Waals surface area contributed by atoms with Crippen molar-refractivity contribution in [2.45, 2.75) is 51.5 Å². The lowest BCUT2D eigenvalue weighted by Crippen LogP contribution is -2.44. The number of nitrogens with zero attached hydrogens (tertiary/aromatic N) is 4. The standard InChI is InChI=1S/C18H31N5O/c1-18(2,9-8-10-22(3)4)21-17(24)15-13-16(20-14-19-15)23-11-6-5-7-12-23/h13-14H,5-12H2,1-4H3,(H,21,24). The van der Waals surface area contributed by atoms with E-state index in [1.54, 1.807) is 0 Å². The molecule has 1 aromatic rings. The summed E-state index contributed by atoms with van der Waals surface area (Å²) in [5, 5.41) is 3.11. The predicted molar refractivity (Wildman–Crippen MR) is 97.4 cm³/mol. The van der Waals surface area contributed by atoms with Gasteiger partial charge in [0, 0.05) is 24.7 Å². The van der Waals surface area contributed by atoms with E-state index in [0.717, 1.165) is 38.3 Å². The number of anilines is 1. The van der Waals surface area contributed by atoms with Crippen LogP contribution in [0.4, 0.5) is 5.82 Å². The highest BCUT2D eigenvalue weighted by atomic mass is 16.2. The van der Waals surface area contributed by atoms with Crippen molar-refractivity contribution in [3.05, 3.63) is 18.1 Å². The molecule has 24 heavy (non-hydrogen) atoms. The van der Waals surface area contributed by atoms with Crippen molar-refractivity contribution in [3.63, 3.8) is 0 Å². The van der Waals surface area contributed by atoms with Crippen molar-refractivity contribution in [3.8, 4) is 0 Å². The molecular weight excluding hydrogens is 302 g/mol. The van der Waals surface area contributed by atoms with E-state index in [0.29, 0.717) is 5.69 Å². The molecule has 0 spiro atoms. The summed E-state index contributed by atoms with van der Waals surface area (Å²) in [5.41, 5.74) is 0.204. The molecule has 1 aliphatic heterocycles. The quantitative estimate of drug-likeness (QED) is 0.830. The van der Waals surface area contributed by atoms with E-state index in [1.165, 1.54) is 25.6 Å². The minimum atomic E-state index is -0.247. The van der Waals surface area contributed by atoms with Crippen LogP contribution in [0.3, 0.4) is 0 Å². The second-order valence-corrected chi connectivity index (χ2v) is 7.55. The lowest BCUT2D eigenvalue weighted by atomic mass is 9.98. The van der Waals surface area contributed by atoms with Gasteiger partial charge in [-0.1, -0.05) is 0 Å². The van der Waals surface area contributed by atoms with Gasteiger partial charge < -0.3 is 15.1 Å². The Kier molecular flexibility index (Phi) is 6.54. The zero-order chi connectivity index (χ0) is 17.6. The van der Waals surface area contributed by atoms with Crippen LogP contribution in [-0.2, 0) is 0 Å². The molecule has 0 atom stereocenters. The van der Waals surface area contributed by atoms with Gasteiger partial charge in [-0.2, -0.15) is 0 Å². The maximum atomic E-state index is 12.6. The van der Waals surface area contributed by atoms with Crippen molar-refractivity contribution in [1.82, 2.24) is 20.2 Å². The minimum absolute atomic E-state index is 0.120. The van der Waals surface area contributed by atoms with Crippen LogP contribution in [0.5, 0.6) is 0 Å². The first-order valence-electron chi connectivity index (χ1n) is 8.92. The number of hydrogen-bond acceptors (Lipinski definition) is 5. The van der Waals surface area contributed by atoms with Gasteiger partial charge >= 0.3 is 0 Å². The van der Waals surface area contributed by atoms with Crippen LogP contribution in [0, 0.1) is 0 Å². The van der Waals surface area contributed by atoms with Gasteiger partial charge in [0.05, 0.1) is 0 Å². The minimum Gasteiger partial charge on any atom is -0.357 e. The van der Waals surface area contributed by atoms with E-state index in [1.807, 2.05) is 6.07 Å². The van der Waals surface area contributed by atoms with E-state index in [4.69, 9.17) is 0 Å². The van der Waals surface area contributed by atoms with Gasteiger partial charge in [0.2, 0.25) is 0 Å². The second-order valence-electron chi connectivity index (χ2n) is 7.55. The molecular formula is C18H31N5O. The van der Waals surface area contributed by atoms with Crippen LogP contribution in [0.25, 0.3) is 0 Å². The molecule has 134 valence electrons. The molecule has 0 aliphatic carbocycles. The number of aromatic nitrogens is 2. The van der Waals surface area contributed by atoms with Crippen LogP contribution in [-0.4, -0.2) is 60.0 Å². The van der Waals surface area contributed by atoms with Gasteiger partial charge in [0.15, 0.2) is 0 Å². The highest BCUT2D eigenvalue weighted by molar-refractivity contribution is 5.93. The molecule has 0 aromatic carbocycles.